The Bertz CT molecular complexity index is 1560. The first-order valence-electron chi connectivity index (χ1n) is 16.5. The number of halogens is 6. The molecule has 1 atom stereocenters. The Morgan fingerprint density at radius 1 is 0.920 bits per heavy atom. The summed E-state index contributed by atoms with van der Waals surface area (Å²) in [6.45, 7) is 3.32. The normalized spacial score (nSPS) is 20.9. The van der Waals surface area contributed by atoms with Gasteiger partial charge in [-0.25, -0.2) is 9.59 Å². The summed E-state index contributed by atoms with van der Waals surface area (Å²) in [5.41, 5.74) is 0.212. The average Bonchev–Trinajstić information content (AvgIpc) is 3.08. The third kappa shape index (κ3) is 7.43. The zero-order valence-electron chi connectivity index (χ0n) is 27.0. The maximum Gasteiger partial charge on any atom is 0.418 e. The number of nitrogens with one attached hydrogen (secondary N) is 2. The van der Waals surface area contributed by atoms with E-state index >= 15 is 0 Å². The molecule has 0 bridgehead atoms. The predicted octanol–water partition coefficient (Wildman–Crippen LogP) is 4.80. The molecule has 6 rings (SSSR count). The number of nitrogens with two attached hydrogens (primary N) is 1. The van der Waals surface area contributed by atoms with Crippen LogP contribution in [0.4, 0.5) is 47.3 Å². The van der Waals surface area contributed by atoms with Crippen molar-refractivity contribution in [1.29, 1.82) is 0 Å². The first-order valence-corrected chi connectivity index (χ1v) is 16.5. The van der Waals surface area contributed by atoms with E-state index in [0.29, 0.717) is 37.0 Å². The molecule has 0 aliphatic carbocycles. The summed E-state index contributed by atoms with van der Waals surface area (Å²) in [6, 6.07) is 8.32. The fourth-order valence-corrected chi connectivity index (χ4v) is 7.35. The van der Waals surface area contributed by atoms with Crippen LogP contribution in [0.15, 0.2) is 36.4 Å². The Kier molecular flexibility index (Phi) is 9.83. The highest BCUT2D eigenvalue weighted by Gasteiger charge is 2.46. The highest BCUT2D eigenvalue weighted by atomic mass is 19.4. The number of benzene rings is 2. The van der Waals surface area contributed by atoms with Crippen LogP contribution in [0.5, 0.6) is 0 Å². The number of nitrogens with zero attached hydrogens (tertiary/aromatic N) is 3. The second kappa shape index (κ2) is 13.8. The van der Waals surface area contributed by atoms with E-state index in [0.717, 1.165) is 31.5 Å². The number of anilines is 2. The highest BCUT2D eigenvalue weighted by Crippen LogP contribution is 2.44. The summed E-state index contributed by atoms with van der Waals surface area (Å²) < 4.78 is 94.4. The van der Waals surface area contributed by atoms with Crippen molar-refractivity contribution < 1.29 is 50.2 Å². The number of piperazine rings is 1. The van der Waals surface area contributed by atoms with Crippen LogP contribution >= 0.6 is 0 Å². The molecule has 3 amide bonds. The van der Waals surface area contributed by atoms with Crippen LogP contribution in [-0.2, 0) is 38.6 Å². The Hall–Kier alpha value is -4.25. The lowest BCUT2D eigenvalue weighted by molar-refractivity contribution is -0.143. The monoisotopic (exact) mass is 712 g/mol. The number of fused-ring (bicyclic) bond motifs is 2. The second-order valence-electron chi connectivity index (χ2n) is 13.1. The van der Waals surface area contributed by atoms with Gasteiger partial charge in [0.15, 0.2) is 6.10 Å². The van der Waals surface area contributed by atoms with Gasteiger partial charge in [-0.2, -0.15) is 26.3 Å². The molecule has 2 aromatic carbocycles. The molecule has 4 heterocycles. The molecule has 0 unspecified atom stereocenters. The van der Waals surface area contributed by atoms with Crippen molar-refractivity contribution in [2.45, 2.75) is 62.2 Å². The van der Waals surface area contributed by atoms with E-state index in [1.165, 1.54) is 9.80 Å². The number of piperidine rings is 2. The van der Waals surface area contributed by atoms with Gasteiger partial charge in [0.05, 0.1) is 22.5 Å². The number of rotatable bonds is 5. The molecule has 0 radical (unpaired) electrons. The minimum atomic E-state index is -5.22. The first-order chi connectivity index (χ1) is 23.6. The zero-order valence-corrected chi connectivity index (χ0v) is 27.0. The minimum absolute atomic E-state index is 0.0363. The fraction of sp³-hybridized carbons (Fsp3) is 0.545. The smallest absolute Gasteiger partial charge is 0.418 e. The average molecular weight is 713 g/mol. The Morgan fingerprint density at radius 3 is 2.12 bits per heavy atom. The Morgan fingerprint density at radius 2 is 1.52 bits per heavy atom. The SMILES string of the molecule is Nc1c(C(F)(F)F)cc(C[C@@H](OC(=O)N2CCC3(CC2)OC(=O)Nc2ccccc23)C(=O)N2CCN(C3CCNCC3)CC2)cc1C(F)(F)F. The summed E-state index contributed by atoms with van der Waals surface area (Å²) in [5.74, 6) is -0.725. The number of carbonyl (C=O) groups excluding carboxylic acids is 3. The summed E-state index contributed by atoms with van der Waals surface area (Å²) in [7, 11) is 0. The molecule has 1 spiro atoms. The van der Waals surface area contributed by atoms with Crippen molar-refractivity contribution in [2.75, 3.05) is 63.4 Å². The lowest BCUT2D eigenvalue weighted by atomic mass is 9.82. The lowest BCUT2D eigenvalue weighted by Crippen LogP contribution is -2.56. The number of hydrogen-bond acceptors (Lipinski definition) is 8. The highest BCUT2D eigenvalue weighted by molar-refractivity contribution is 5.89. The summed E-state index contributed by atoms with van der Waals surface area (Å²) in [6.07, 6.45) is -12.3. The van der Waals surface area contributed by atoms with E-state index in [9.17, 15) is 40.7 Å². The fourth-order valence-electron chi connectivity index (χ4n) is 7.35. The number of nitrogen functional groups attached to an aromatic ring is 1. The van der Waals surface area contributed by atoms with Crippen molar-refractivity contribution in [3.05, 3.63) is 58.7 Å². The molecular weight excluding hydrogens is 674 g/mol. The summed E-state index contributed by atoms with van der Waals surface area (Å²) in [5, 5.41) is 5.95. The van der Waals surface area contributed by atoms with E-state index in [-0.39, 0.29) is 39.0 Å². The van der Waals surface area contributed by atoms with Gasteiger partial charge in [0.1, 0.15) is 5.60 Å². The number of ether oxygens (including phenoxy) is 2. The molecule has 3 saturated heterocycles. The molecule has 0 saturated carbocycles. The first kappa shape index (κ1) is 35.6. The van der Waals surface area contributed by atoms with E-state index in [4.69, 9.17) is 15.2 Å². The molecule has 4 aliphatic rings. The van der Waals surface area contributed by atoms with Crippen molar-refractivity contribution in [1.82, 2.24) is 20.0 Å². The standard InChI is InChI=1S/C33H38F6N6O5/c34-32(35,36)23-17-20(18-24(27(23)40)33(37,38)39)19-26(28(46)44-15-13-43(14-16-44)21-5-9-41-10-6-21)49-30(48)45-11-7-31(8-12-45)22-3-1-2-4-25(22)42-29(47)50-31/h1-4,17-18,21,26,41H,5-16,19,40H2,(H,42,47)/t26-/m1/s1. The molecule has 17 heteroatoms. The molecule has 4 aliphatic heterocycles. The Labute approximate surface area is 284 Å². The lowest BCUT2D eigenvalue weighted by Gasteiger charge is -2.44. The van der Waals surface area contributed by atoms with Gasteiger partial charge in [-0.3, -0.25) is 15.0 Å². The number of carbonyl (C=O) groups is 3. The predicted molar refractivity (Wildman–Crippen MR) is 168 cm³/mol. The molecule has 4 N–H and O–H groups in total. The number of alkyl halides is 6. The summed E-state index contributed by atoms with van der Waals surface area (Å²) in [4.78, 5) is 44.8. The van der Waals surface area contributed by atoms with Crippen molar-refractivity contribution in [3.8, 4) is 0 Å². The van der Waals surface area contributed by atoms with Gasteiger partial charge in [-0.05, 0) is 49.7 Å². The van der Waals surface area contributed by atoms with Crippen LogP contribution in [0.1, 0.15) is 47.9 Å². The topological polar surface area (TPSA) is 129 Å². The van der Waals surface area contributed by atoms with Crippen LogP contribution in [0.2, 0.25) is 0 Å². The van der Waals surface area contributed by atoms with Gasteiger partial charge in [-0.15, -0.1) is 0 Å². The molecule has 0 aromatic heterocycles. The Balaban J connectivity index is 1.22. The van der Waals surface area contributed by atoms with Crippen molar-refractivity contribution >= 4 is 29.5 Å². The molecule has 50 heavy (non-hydrogen) atoms. The van der Waals surface area contributed by atoms with E-state index in [1.54, 1.807) is 24.3 Å². The quantitative estimate of drug-likeness (QED) is 0.298. The van der Waals surface area contributed by atoms with Crippen molar-refractivity contribution in [3.63, 3.8) is 0 Å². The van der Waals surface area contributed by atoms with Crippen LogP contribution in [-0.4, -0.2) is 97.3 Å². The third-order valence-electron chi connectivity index (χ3n) is 10.0. The van der Waals surface area contributed by atoms with Gasteiger partial charge < -0.3 is 30.3 Å². The largest absolute Gasteiger partial charge is 0.438 e. The number of likely N-dealkylation sites (tertiary alicyclic amines) is 1. The molecule has 2 aromatic rings. The second-order valence-corrected chi connectivity index (χ2v) is 13.1. The number of para-hydroxylation sites is 1. The van der Waals surface area contributed by atoms with Crippen LogP contribution in [0, 0.1) is 0 Å². The van der Waals surface area contributed by atoms with Gasteiger partial charge >= 0.3 is 24.5 Å². The van der Waals surface area contributed by atoms with Gasteiger partial charge in [0.2, 0.25) is 0 Å². The third-order valence-corrected chi connectivity index (χ3v) is 10.0. The van der Waals surface area contributed by atoms with Crippen LogP contribution in [0.25, 0.3) is 0 Å². The van der Waals surface area contributed by atoms with E-state index in [1.807, 2.05) is 0 Å². The minimum Gasteiger partial charge on any atom is -0.438 e. The molecule has 3 fully saturated rings. The molecular formula is C33H38F6N6O5. The zero-order chi connectivity index (χ0) is 35.8. The number of hydrogen-bond donors (Lipinski definition) is 3. The van der Waals surface area contributed by atoms with E-state index in [2.05, 4.69) is 15.5 Å². The number of amides is 3. The van der Waals surface area contributed by atoms with Crippen LogP contribution < -0.4 is 16.4 Å². The van der Waals surface area contributed by atoms with Gasteiger partial charge in [-0.1, -0.05) is 18.2 Å². The van der Waals surface area contributed by atoms with Gasteiger partial charge in [0, 0.05) is 70.1 Å². The maximum absolute atomic E-state index is 13.9. The summed E-state index contributed by atoms with van der Waals surface area (Å²) >= 11 is 0. The van der Waals surface area contributed by atoms with Crippen molar-refractivity contribution in [2.24, 2.45) is 0 Å². The van der Waals surface area contributed by atoms with E-state index < -0.39 is 70.9 Å². The van der Waals surface area contributed by atoms with Crippen LogP contribution in [0.3, 0.4) is 0 Å². The molecule has 272 valence electrons. The maximum atomic E-state index is 13.9. The van der Waals surface area contributed by atoms with Gasteiger partial charge in [0.25, 0.3) is 5.91 Å². The molecule has 11 nitrogen and oxygen atoms in total.